The van der Waals surface area contributed by atoms with Crippen molar-refractivity contribution in [2.75, 3.05) is 6.54 Å². The highest BCUT2D eigenvalue weighted by Crippen LogP contribution is 2.36. The fourth-order valence-electron chi connectivity index (χ4n) is 4.86. The predicted octanol–water partition coefficient (Wildman–Crippen LogP) is 5.42. The van der Waals surface area contributed by atoms with Crippen LogP contribution in [0.15, 0.2) is 83.7 Å². The molecule has 5 aromatic rings. The van der Waals surface area contributed by atoms with E-state index >= 15 is 0 Å². The summed E-state index contributed by atoms with van der Waals surface area (Å²) in [5.74, 6) is -0.146. The van der Waals surface area contributed by atoms with Gasteiger partial charge in [-0.25, -0.2) is 9.67 Å². The minimum absolute atomic E-state index is 0.0938. The zero-order valence-electron chi connectivity index (χ0n) is 19.1. The zero-order chi connectivity index (χ0) is 23.8. The number of para-hydroxylation sites is 1. The largest absolute Gasteiger partial charge is 0.328 e. The van der Waals surface area contributed by atoms with E-state index in [0.29, 0.717) is 29.6 Å². The first-order valence-corrected chi connectivity index (χ1v) is 12.7. The summed E-state index contributed by atoms with van der Waals surface area (Å²) in [5.41, 5.74) is 2.05. The Kier molecular flexibility index (Phi) is 5.62. The van der Waals surface area contributed by atoms with Crippen molar-refractivity contribution >= 4 is 38.2 Å². The molecule has 3 aromatic carbocycles. The van der Waals surface area contributed by atoms with Gasteiger partial charge in [0.1, 0.15) is 5.01 Å². The highest BCUT2D eigenvalue weighted by atomic mass is 32.1. The maximum absolute atomic E-state index is 14.1. The lowest BCUT2D eigenvalue weighted by Crippen LogP contribution is -2.40. The number of carbonyl (C=O) groups is 1. The maximum Gasteiger partial charge on any atom is 0.275 e. The third kappa shape index (κ3) is 4.02. The third-order valence-corrected chi connectivity index (χ3v) is 7.74. The first kappa shape index (κ1) is 21.7. The van der Waals surface area contributed by atoms with Crippen LogP contribution in [0.1, 0.15) is 46.4 Å². The van der Waals surface area contributed by atoms with E-state index in [-0.39, 0.29) is 17.5 Å². The van der Waals surface area contributed by atoms with Crippen LogP contribution in [0.5, 0.6) is 0 Å². The third-order valence-electron chi connectivity index (χ3n) is 6.60. The summed E-state index contributed by atoms with van der Waals surface area (Å²) in [6.45, 7) is 0.958. The second-order valence-electron chi connectivity index (χ2n) is 8.87. The zero-order valence-corrected chi connectivity index (χ0v) is 19.9. The van der Waals surface area contributed by atoms with Gasteiger partial charge in [-0.05, 0) is 43.0 Å². The van der Waals surface area contributed by atoms with E-state index in [2.05, 4.69) is 11.2 Å². The number of aromatic nitrogens is 3. The van der Waals surface area contributed by atoms with E-state index < -0.39 is 0 Å². The molecule has 174 valence electrons. The number of thiazole rings is 1. The number of nitrogens with zero attached hydrogens (tertiary/aromatic N) is 4. The summed E-state index contributed by atoms with van der Waals surface area (Å²) in [4.78, 5) is 34.1. The van der Waals surface area contributed by atoms with Gasteiger partial charge in [0.05, 0.1) is 28.2 Å². The average molecular weight is 481 g/mol. The number of piperidine rings is 1. The van der Waals surface area contributed by atoms with Gasteiger partial charge in [-0.15, -0.1) is 11.3 Å². The van der Waals surface area contributed by atoms with Crippen molar-refractivity contribution in [1.82, 2.24) is 19.7 Å². The van der Waals surface area contributed by atoms with E-state index in [9.17, 15) is 9.59 Å². The second-order valence-corrected chi connectivity index (χ2v) is 9.93. The molecule has 1 amide bonds. The number of rotatable bonds is 4. The van der Waals surface area contributed by atoms with E-state index in [0.717, 1.165) is 40.1 Å². The van der Waals surface area contributed by atoms with Crippen LogP contribution in [0.2, 0.25) is 0 Å². The number of hydrogen-bond donors (Lipinski definition) is 0. The Labute approximate surface area is 206 Å². The molecule has 1 saturated heterocycles. The Hall–Kier alpha value is -3.84. The Morgan fingerprint density at radius 1 is 0.914 bits per heavy atom. The summed E-state index contributed by atoms with van der Waals surface area (Å²) in [5, 5.41) is 6.70. The van der Waals surface area contributed by atoms with Gasteiger partial charge in [0, 0.05) is 11.9 Å². The van der Waals surface area contributed by atoms with Crippen LogP contribution < -0.4 is 5.56 Å². The quantitative estimate of drug-likeness (QED) is 0.344. The normalized spacial score (nSPS) is 16.1. The smallest absolute Gasteiger partial charge is 0.275 e. The standard InChI is InChI=1S/C28H24N4O2S/c33-27-21-13-5-4-12-20(21)25(30-32(27)18-19-10-2-1-3-11-19)28(34)31-17-9-8-15-23(31)26-29-22-14-6-7-16-24(22)35-26/h1-7,10-14,16,23H,8-9,15,17-18H2. The van der Waals surface area contributed by atoms with E-state index in [1.54, 1.807) is 17.4 Å². The van der Waals surface area contributed by atoms with Crippen LogP contribution in [-0.2, 0) is 6.54 Å². The van der Waals surface area contributed by atoms with Crippen molar-refractivity contribution in [1.29, 1.82) is 0 Å². The molecule has 0 spiro atoms. The van der Waals surface area contributed by atoms with Gasteiger partial charge in [0.2, 0.25) is 0 Å². The molecular formula is C28H24N4O2S. The Bertz CT molecular complexity index is 1560. The van der Waals surface area contributed by atoms with Crippen LogP contribution in [-0.4, -0.2) is 32.1 Å². The minimum Gasteiger partial charge on any atom is -0.328 e. The van der Waals surface area contributed by atoms with Gasteiger partial charge < -0.3 is 4.90 Å². The molecule has 35 heavy (non-hydrogen) atoms. The molecule has 0 N–H and O–H groups in total. The summed E-state index contributed by atoms with van der Waals surface area (Å²) >= 11 is 1.65. The number of hydrogen-bond acceptors (Lipinski definition) is 5. The van der Waals surface area contributed by atoms with E-state index in [4.69, 9.17) is 4.98 Å². The van der Waals surface area contributed by atoms with Gasteiger partial charge in [0.15, 0.2) is 5.69 Å². The number of fused-ring (bicyclic) bond motifs is 2. The van der Waals surface area contributed by atoms with Crippen molar-refractivity contribution in [2.45, 2.75) is 31.8 Å². The van der Waals surface area contributed by atoms with E-state index in [1.165, 1.54) is 4.68 Å². The van der Waals surface area contributed by atoms with Crippen molar-refractivity contribution in [3.8, 4) is 0 Å². The highest BCUT2D eigenvalue weighted by molar-refractivity contribution is 7.18. The van der Waals surface area contributed by atoms with Crippen LogP contribution in [0.4, 0.5) is 0 Å². The maximum atomic E-state index is 14.1. The summed E-state index contributed by atoms with van der Waals surface area (Å²) < 4.78 is 2.54. The first-order chi connectivity index (χ1) is 17.2. The van der Waals surface area contributed by atoms with Gasteiger partial charge in [-0.1, -0.05) is 60.7 Å². The fraction of sp³-hybridized carbons (Fsp3) is 0.214. The van der Waals surface area contributed by atoms with Gasteiger partial charge in [0.25, 0.3) is 11.5 Å². The van der Waals surface area contributed by atoms with Crippen molar-refractivity contribution in [3.63, 3.8) is 0 Å². The molecule has 0 bridgehead atoms. The van der Waals surface area contributed by atoms with Crippen molar-refractivity contribution in [2.24, 2.45) is 0 Å². The molecule has 0 saturated carbocycles. The molecule has 1 atom stereocenters. The minimum atomic E-state index is -0.192. The number of benzene rings is 3. The summed E-state index contributed by atoms with van der Waals surface area (Å²) in [6.07, 6.45) is 2.86. The Balaban J connectivity index is 1.44. The lowest BCUT2D eigenvalue weighted by atomic mass is 10.0. The van der Waals surface area contributed by atoms with Gasteiger partial charge in [-0.2, -0.15) is 5.10 Å². The van der Waals surface area contributed by atoms with Crippen LogP contribution in [0.3, 0.4) is 0 Å². The lowest BCUT2D eigenvalue weighted by Gasteiger charge is -2.34. The van der Waals surface area contributed by atoms with Crippen molar-refractivity contribution in [3.05, 3.63) is 105 Å². The lowest BCUT2D eigenvalue weighted by molar-refractivity contribution is 0.0605. The molecular weight excluding hydrogens is 456 g/mol. The predicted molar refractivity (Wildman–Crippen MR) is 139 cm³/mol. The van der Waals surface area contributed by atoms with Gasteiger partial charge in [-0.3, -0.25) is 9.59 Å². The van der Waals surface area contributed by atoms with Crippen LogP contribution >= 0.6 is 11.3 Å². The molecule has 3 heterocycles. The molecule has 7 heteroatoms. The monoisotopic (exact) mass is 480 g/mol. The Morgan fingerprint density at radius 2 is 1.66 bits per heavy atom. The molecule has 1 fully saturated rings. The molecule has 6 rings (SSSR count). The molecule has 6 nitrogen and oxygen atoms in total. The van der Waals surface area contributed by atoms with Crippen LogP contribution in [0.25, 0.3) is 21.0 Å². The molecule has 0 aliphatic carbocycles. The first-order valence-electron chi connectivity index (χ1n) is 11.9. The summed E-state index contributed by atoms with van der Waals surface area (Å²) in [6, 6.07) is 25.0. The molecule has 1 aliphatic rings. The van der Waals surface area contributed by atoms with Crippen LogP contribution in [0, 0.1) is 0 Å². The topological polar surface area (TPSA) is 68.1 Å². The fourth-order valence-corrected chi connectivity index (χ4v) is 5.97. The highest BCUT2D eigenvalue weighted by Gasteiger charge is 2.33. The molecule has 0 radical (unpaired) electrons. The van der Waals surface area contributed by atoms with Gasteiger partial charge >= 0.3 is 0 Å². The summed E-state index contributed by atoms with van der Waals surface area (Å²) in [7, 11) is 0. The molecule has 1 unspecified atom stereocenters. The Morgan fingerprint density at radius 3 is 2.49 bits per heavy atom. The number of carbonyl (C=O) groups excluding carboxylic acids is 1. The number of amides is 1. The molecule has 2 aromatic heterocycles. The van der Waals surface area contributed by atoms with E-state index in [1.807, 2.05) is 71.6 Å². The molecule has 1 aliphatic heterocycles. The average Bonchev–Trinajstić information content (AvgIpc) is 3.35. The van der Waals surface area contributed by atoms with Crippen molar-refractivity contribution < 1.29 is 4.79 Å². The number of likely N-dealkylation sites (tertiary alicyclic amines) is 1. The SMILES string of the molecule is O=C(c1nn(Cc2ccccc2)c(=O)c2ccccc12)N1CCCCC1c1nc2ccccc2s1. The second kappa shape index (κ2) is 9.07.